The molecule has 0 saturated carbocycles. The molecule has 110 valence electrons. The fourth-order valence-corrected chi connectivity index (χ4v) is 1.91. The fraction of sp³-hybridized carbons (Fsp3) is 0.188. The van der Waals surface area contributed by atoms with E-state index in [1.807, 2.05) is 0 Å². The average Bonchev–Trinajstić information content (AvgIpc) is 2.45. The second-order valence-corrected chi connectivity index (χ2v) is 5.26. The molecule has 0 saturated heterocycles. The molecular formula is C16H16ClFN2O. The van der Waals surface area contributed by atoms with Crippen molar-refractivity contribution in [1.82, 2.24) is 0 Å². The smallest absolute Gasteiger partial charge is 0.246 e. The number of carbonyl (C=O) groups is 1. The third-order valence-corrected chi connectivity index (χ3v) is 3.31. The Hall–Kier alpha value is -2.07. The predicted octanol–water partition coefficient (Wildman–Crippen LogP) is 4.23. The van der Waals surface area contributed by atoms with Crippen molar-refractivity contribution in [1.29, 1.82) is 0 Å². The predicted molar refractivity (Wildman–Crippen MR) is 84.3 cm³/mol. The molecule has 0 aromatic heterocycles. The summed E-state index contributed by atoms with van der Waals surface area (Å²) in [5.74, 6) is -0.511. The van der Waals surface area contributed by atoms with Gasteiger partial charge in [0.25, 0.3) is 0 Å². The first-order chi connectivity index (χ1) is 9.95. The van der Waals surface area contributed by atoms with E-state index in [9.17, 15) is 9.18 Å². The topological polar surface area (TPSA) is 41.1 Å². The van der Waals surface area contributed by atoms with Gasteiger partial charge in [0.1, 0.15) is 11.9 Å². The highest BCUT2D eigenvalue weighted by Gasteiger charge is 2.13. The lowest BCUT2D eigenvalue weighted by Crippen LogP contribution is -2.31. The van der Waals surface area contributed by atoms with E-state index in [0.717, 1.165) is 0 Å². The molecule has 0 heterocycles. The minimum Gasteiger partial charge on any atom is -0.374 e. The molecule has 2 aromatic rings. The number of aryl methyl sites for hydroxylation is 1. The second kappa shape index (κ2) is 6.59. The van der Waals surface area contributed by atoms with E-state index < -0.39 is 6.04 Å². The summed E-state index contributed by atoms with van der Waals surface area (Å²) >= 11 is 5.79. The molecule has 0 aliphatic carbocycles. The van der Waals surface area contributed by atoms with E-state index in [4.69, 9.17) is 11.6 Å². The van der Waals surface area contributed by atoms with Gasteiger partial charge >= 0.3 is 0 Å². The van der Waals surface area contributed by atoms with Crippen molar-refractivity contribution in [2.45, 2.75) is 19.9 Å². The molecule has 1 atom stereocenters. The molecule has 2 N–H and O–H groups in total. The zero-order chi connectivity index (χ0) is 15.4. The van der Waals surface area contributed by atoms with Gasteiger partial charge < -0.3 is 10.6 Å². The molecule has 2 aromatic carbocycles. The van der Waals surface area contributed by atoms with Crippen molar-refractivity contribution < 1.29 is 9.18 Å². The Morgan fingerprint density at radius 3 is 2.38 bits per heavy atom. The van der Waals surface area contributed by atoms with Crippen molar-refractivity contribution in [3.05, 3.63) is 58.9 Å². The number of nitrogens with one attached hydrogen (secondary N) is 2. The highest BCUT2D eigenvalue weighted by Crippen LogP contribution is 2.16. The summed E-state index contributed by atoms with van der Waals surface area (Å²) < 4.78 is 13.5. The average molecular weight is 307 g/mol. The summed E-state index contributed by atoms with van der Waals surface area (Å²) in [4.78, 5) is 12.1. The van der Waals surface area contributed by atoms with Crippen molar-refractivity contribution in [2.24, 2.45) is 0 Å². The lowest BCUT2D eigenvalue weighted by Gasteiger charge is -2.15. The zero-order valence-corrected chi connectivity index (χ0v) is 12.5. The van der Waals surface area contributed by atoms with Crippen LogP contribution < -0.4 is 10.6 Å². The van der Waals surface area contributed by atoms with Gasteiger partial charge in [0.05, 0.1) is 0 Å². The van der Waals surface area contributed by atoms with Crippen molar-refractivity contribution in [3.8, 4) is 0 Å². The standard InChI is InChI=1S/C16H16ClFN2O/c1-10-3-6-14(9-15(10)18)19-11(2)16(21)20-13-7-4-12(17)5-8-13/h3-9,11,19H,1-2H3,(H,20,21)/t11-/m0/s1. The first-order valence-corrected chi connectivity index (χ1v) is 6.92. The highest BCUT2D eigenvalue weighted by atomic mass is 35.5. The second-order valence-electron chi connectivity index (χ2n) is 4.83. The molecule has 0 fully saturated rings. The number of carbonyl (C=O) groups excluding carboxylic acids is 1. The lowest BCUT2D eigenvalue weighted by atomic mass is 10.2. The molecule has 0 unspecified atom stereocenters. The first kappa shape index (κ1) is 15.3. The van der Waals surface area contributed by atoms with Gasteiger partial charge in [0, 0.05) is 16.4 Å². The number of benzene rings is 2. The van der Waals surface area contributed by atoms with Crippen molar-refractivity contribution in [2.75, 3.05) is 10.6 Å². The number of anilines is 2. The van der Waals surface area contributed by atoms with Gasteiger partial charge in [0.2, 0.25) is 5.91 Å². The van der Waals surface area contributed by atoms with Crippen LogP contribution in [0.2, 0.25) is 5.02 Å². The molecule has 0 spiro atoms. The van der Waals surface area contributed by atoms with Gasteiger partial charge in [-0.05, 0) is 55.8 Å². The van der Waals surface area contributed by atoms with Crippen LogP contribution in [-0.4, -0.2) is 11.9 Å². The molecule has 2 rings (SSSR count). The molecule has 1 amide bonds. The zero-order valence-electron chi connectivity index (χ0n) is 11.8. The van der Waals surface area contributed by atoms with Gasteiger partial charge in [-0.2, -0.15) is 0 Å². The summed E-state index contributed by atoms with van der Waals surface area (Å²) in [6.07, 6.45) is 0. The van der Waals surface area contributed by atoms with Gasteiger partial charge in [-0.1, -0.05) is 17.7 Å². The van der Waals surface area contributed by atoms with Crippen LogP contribution >= 0.6 is 11.6 Å². The van der Waals surface area contributed by atoms with E-state index in [0.29, 0.717) is 22.0 Å². The van der Waals surface area contributed by atoms with Gasteiger partial charge in [-0.15, -0.1) is 0 Å². The first-order valence-electron chi connectivity index (χ1n) is 6.55. The number of halogens is 2. The Balaban J connectivity index is 1.98. The monoisotopic (exact) mass is 306 g/mol. The lowest BCUT2D eigenvalue weighted by molar-refractivity contribution is -0.116. The Kier molecular flexibility index (Phi) is 4.81. The maximum absolute atomic E-state index is 13.5. The van der Waals surface area contributed by atoms with E-state index in [1.54, 1.807) is 50.2 Å². The van der Waals surface area contributed by atoms with Crippen LogP contribution in [0.5, 0.6) is 0 Å². The van der Waals surface area contributed by atoms with E-state index in [-0.39, 0.29) is 11.7 Å². The third-order valence-electron chi connectivity index (χ3n) is 3.06. The maximum atomic E-state index is 13.5. The van der Waals surface area contributed by atoms with Crippen LogP contribution in [0.25, 0.3) is 0 Å². The molecule has 5 heteroatoms. The summed E-state index contributed by atoms with van der Waals surface area (Å²) in [5, 5.41) is 6.33. The Labute approximate surface area is 128 Å². The van der Waals surface area contributed by atoms with Gasteiger partial charge in [-0.25, -0.2) is 4.39 Å². The highest BCUT2D eigenvalue weighted by molar-refractivity contribution is 6.30. The molecule has 0 aliphatic heterocycles. The summed E-state index contributed by atoms with van der Waals surface area (Å²) in [5.41, 5.74) is 1.80. The van der Waals surface area contributed by atoms with E-state index in [1.165, 1.54) is 6.07 Å². The molecule has 0 radical (unpaired) electrons. The van der Waals surface area contributed by atoms with Crippen molar-refractivity contribution in [3.63, 3.8) is 0 Å². The number of hydrogen-bond donors (Lipinski definition) is 2. The summed E-state index contributed by atoms with van der Waals surface area (Å²) in [7, 11) is 0. The number of hydrogen-bond acceptors (Lipinski definition) is 2. The normalized spacial score (nSPS) is 11.8. The van der Waals surface area contributed by atoms with Gasteiger partial charge in [0.15, 0.2) is 0 Å². The van der Waals surface area contributed by atoms with Crippen molar-refractivity contribution >= 4 is 28.9 Å². The molecule has 21 heavy (non-hydrogen) atoms. The van der Waals surface area contributed by atoms with Crippen LogP contribution in [0.15, 0.2) is 42.5 Å². The minimum atomic E-state index is -0.497. The maximum Gasteiger partial charge on any atom is 0.246 e. The Morgan fingerprint density at radius 2 is 1.76 bits per heavy atom. The minimum absolute atomic E-state index is 0.210. The SMILES string of the molecule is Cc1ccc(N[C@@H](C)C(=O)Nc2ccc(Cl)cc2)cc1F. The van der Waals surface area contributed by atoms with E-state index in [2.05, 4.69) is 10.6 Å². The summed E-state index contributed by atoms with van der Waals surface area (Å²) in [6, 6.07) is 11.1. The molecule has 0 aliphatic rings. The quantitative estimate of drug-likeness (QED) is 0.887. The Morgan fingerprint density at radius 1 is 1.14 bits per heavy atom. The van der Waals surface area contributed by atoms with Crippen LogP contribution in [0, 0.1) is 12.7 Å². The van der Waals surface area contributed by atoms with E-state index >= 15 is 0 Å². The fourth-order valence-electron chi connectivity index (χ4n) is 1.78. The molecule has 3 nitrogen and oxygen atoms in total. The number of amides is 1. The van der Waals surface area contributed by atoms with Crippen LogP contribution in [0.4, 0.5) is 15.8 Å². The summed E-state index contributed by atoms with van der Waals surface area (Å²) in [6.45, 7) is 3.40. The third kappa shape index (κ3) is 4.20. The molecular weight excluding hydrogens is 291 g/mol. The van der Waals surface area contributed by atoms with Crippen LogP contribution in [0.1, 0.15) is 12.5 Å². The van der Waals surface area contributed by atoms with Gasteiger partial charge in [-0.3, -0.25) is 4.79 Å². The van der Waals surface area contributed by atoms with Crippen LogP contribution in [0.3, 0.4) is 0 Å². The Bertz CT molecular complexity index is 643. The molecule has 0 bridgehead atoms. The number of rotatable bonds is 4. The van der Waals surface area contributed by atoms with Crippen LogP contribution in [-0.2, 0) is 4.79 Å². The largest absolute Gasteiger partial charge is 0.374 e.